The number of nitrogens with zero attached hydrogens (tertiary/aromatic N) is 2. The molecule has 0 aliphatic carbocycles. The van der Waals surface area contributed by atoms with Crippen molar-refractivity contribution in [2.45, 2.75) is 45.4 Å². The molecule has 0 radical (unpaired) electrons. The van der Waals surface area contributed by atoms with Gasteiger partial charge in [0.2, 0.25) is 5.91 Å². The Morgan fingerprint density at radius 3 is 2.82 bits per heavy atom. The van der Waals surface area contributed by atoms with E-state index in [-0.39, 0.29) is 5.91 Å². The van der Waals surface area contributed by atoms with Crippen LogP contribution in [0, 0.1) is 12.3 Å². The van der Waals surface area contributed by atoms with Crippen LogP contribution in [0.5, 0.6) is 0 Å². The number of pyridine rings is 1. The van der Waals surface area contributed by atoms with Crippen molar-refractivity contribution in [1.29, 1.82) is 0 Å². The number of piperidine rings is 1. The number of rotatable bonds is 3. The van der Waals surface area contributed by atoms with Crippen molar-refractivity contribution in [1.82, 2.24) is 15.2 Å². The third-order valence-corrected chi connectivity index (χ3v) is 5.41. The first-order chi connectivity index (χ1) is 10.7. The van der Waals surface area contributed by atoms with Crippen LogP contribution in [0.1, 0.15) is 43.5 Å². The van der Waals surface area contributed by atoms with Gasteiger partial charge in [-0.3, -0.25) is 9.78 Å². The Labute approximate surface area is 133 Å². The fraction of sp³-hybridized carbons (Fsp3) is 0.667. The molecule has 0 bridgehead atoms. The van der Waals surface area contributed by atoms with Crippen molar-refractivity contribution in [3.8, 4) is 0 Å². The van der Waals surface area contributed by atoms with Crippen molar-refractivity contribution in [3.05, 3.63) is 29.6 Å². The van der Waals surface area contributed by atoms with E-state index in [4.69, 9.17) is 0 Å². The van der Waals surface area contributed by atoms with Gasteiger partial charge in [0.25, 0.3) is 0 Å². The van der Waals surface area contributed by atoms with Crippen molar-refractivity contribution in [3.63, 3.8) is 0 Å². The standard InChI is InChI=1S/C18H27N3O/c1-15-3-2-4-16(20-15)6-12-21-13-9-18(10-14-21)7-5-17(22)19-11-8-18/h2-4H,5-14H2,1H3,(H,19,22). The summed E-state index contributed by atoms with van der Waals surface area (Å²) < 4.78 is 0. The van der Waals surface area contributed by atoms with Gasteiger partial charge in [0.05, 0.1) is 0 Å². The summed E-state index contributed by atoms with van der Waals surface area (Å²) in [5.41, 5.74) is 2.72. The van der Waals surface area contributed by atoms with Gasteiger partial charge in [0.15, 0.2) is 0 Å². The van der Waals surface area contributed by atoms with E-state index in [1.54, 1.807) is 0 Å². The SMILES string of the molecule is Cc1cccc(CCN2CCC3(CCNC(=O)CC3)CC2)n1. The molecule has 3 heterocycles. The van der Waals surface area contributed by atoms with E-state index in [1.165, 1.54) is 31.6 Å². The molecule has 2 aliphatic rings. The van der Waals surface area contributed by atoms with Crippen LogP contribution in [0.4, 0.5) is 0 Å². The lowest BCUT2D eigenvalue weighted by molar-refractivity contribution is -0.121. The summed E-state index contributed by atoms with van der Waals surface area (Å²) in [6, 6.07) is 6.27. The third kappa shape index (κ3) is 3.86. The van der Waals surface area contributed by atoms with Gasteiger partial charge >= 0.3 is 0 Å². The molecule has 1 N–H and O–H groups in total. The molecule has 3 rings (SSSR count). The lowest BCUT2D eigenvalue weighted by Gasteiger charge is -2.41. The predicted octanol–water partition coefficient (Wildman–Crippen LogP) is 2.31. The van der Waals surface area contributed by atoms with E-state index in [1.807, 2.05) is 0 Å². The molecule has 1 spiro atoms. The third-order valence-electron chi connectivity index (χ3n) is 5.41. The van der Waals surface area contributed by atoms with Crippen LogP contribution in [0.25, 0.3) is 0 Å². The van der Waals surface area contributed by atoms with Gasteiger partial charge in [0.1, 0.15) is 0 Å². The predicted molar refractivity (Wildman–Crippen MR) is 87.6 cm³/mol. The lowest BCUT2D eigenvalue weighted by Crippen LogP contribution is -2.41. The molecule has 0 atom stereocenters. The molecule has 2 saturated heterocycles. The maximum Gasteiger partial charge on any atom is 0.220 e. The van der Waals surface area contributed by atoms with E-state index in [0.717, 1.165) is 38.0 Å². The lowest BCUT2D eigenvalue weighted by atomic mass is 9.73. The van der Waals surface area contributed by atoms with Gasteiger partial charge < -0.3 is 10.2 Å². The Balaban J connectivity index is 1.48. The first kappa shape index (κ1) is 15.5. The van der Waals surface area contributed by atoms with Gasteiger partial charge in [0, 0.05) is 37.3 Å². The van der Waals surface area contributed by atoms with Crippen molar-refractivity contribution in [2.75, 3.05) is 26.2 Å². The maximum absolute atomic E-state index is 11.5. The number of hydrogen-bond acceptors (Lipinski definition) is 3. The minimum atomic E-state index is 0.241. The van der Waals surface area contributed by atoms with Gasteiger partial charge in [-0.05, 0) is 63.2 Å². The Bertz CT molecular complexity index is 521. The summed E-state index contributed by atoms with van der Waals surface area (Å²) in [7, 11) is 0. The van der Waals surface area contributed by atoms with E-state index in [0.29, 0.717) is 11.8 Å². The summed E-state index contributed by atoms with van der Waals surface area (Å²) in [5, 5.41) is 3.02. The van der Waals surface area contributed by atoms with Gasteiger partial charge in [-0.25, -0.2) is 0 Å². The molecular formula is C18H27N3O. The highest BCUT2D eigenvalue weighted by molar-refractivity contribution is 5.76. The summed E-state index contributed by atoms with van der Waals surface area (Å²) in [4.78, 5) is 18.7. The molecule has 2 fully saturated rings. The Kier molecular flexibility index (Phi) is 4.77. The van der Waals surface area contributed by atoms with E-state index in [2.05, 4.69) is 40.3 Å². The summed E-state index contributed by atoms with van der Waals surface area (Å²) in [6.45, 7) is 6.35. The normalized spacial score (nSPS) is 22.3. The Morgan fingerprint density at radius 2 is 2.05 bits per heavy atom. The first-order valence-corrected chi connectivity index (χ1v) is 8.57. The molecule has 4 heteroatoms. The highest BCUT2D eigenvalue weighted by Gasteiger charge is 2.35. The van der Waals surface area contributed by atoms with Crippen LogP contribution in [0.2, 0.25) is 0 Å². The summed E-state index contributed by atoms with van der Waals surface area (Å²) >= 11 is 0. The van der Waals surface area contributed by atoms with E-state index < -0.39 is 0 Å². The quantitative estimate of drug-likeness (QED) is 0.932. The number of carbonyl (C=O) groups is 1. The van der Waals surface area contributed by atoms with Crippen LogP contribution >= 0.6 is 0 Å². The molecule has 22 heavy (non-hydrogen) atoms. The Hall–Kier alpha value is -1.42. The summed E-state index contributed by atoms with van der Waals surface area (Å²) in [6.07, 6.45) is 6.46. The molecular weight excluding hydrogens is 274 g/mol. The highest BCUT2D eigenvalue weighted by atomic mass is 16.1. The number of aryl methyl sites for hydroxylation is 1. The second-order valence-electron chi connectivity index (χ2n) is 6.96. The minimum absolute atomic E-state index is 0.241. The van der Waals surface area contributed by atoms with Gasteiger partial charge in [-0.15, -0.1) is 0 Å². The molecule has 0 aromatic carbocycles. The number of carbonyl (C=O) groups excluding carboxylic acids is 1. The highest BCUT2D eigenvalue weighted by Crippen LogP contribution is 2.40. The molecule has 4 nitrogen and oxygen atoms in total. The molecule has 1 amide bonds. The van der Waals surface area contributed by atoms with Crippen LogP contribution in [0.3, 0.4) is 0 Å². The van der Waals surface area contributed by atoms with Crippen LogP contribution in [-0.4, -0.2) is 42.0 Å². The van der Waals surface area contributed by atoms with Gasteiger partial charge in [-0.1, -0.05) is 6.07 Å². The Morgan fingerprint density at radius 1 is 1.23 bits per heavy atom. The monoisotopic (exact) mass is 301 g/mol. The number of aromatic nitrogens is 1. The van der Waals surface area contributed by atoms with Crippen LogP contribution in [-0.2, 0) is 11.2 Å². The zero-order valence-corrected chi connectivity index (χ0v) is 13.6. The van der Waals surface area contributed by atoms with Crippen molar-refractivity contribution >= 4 is 5.91 Å². The van der Waals surface area contributed by atoms with Gasteiger partial charge in [-0.2, -0.15) is 0 Å². The topological polar surface area (TPSA) is 45.2 Å². The minimum Gasteiger partial charge on any atom is -0.356 e. The molecule has 0 unspecified atom stereocenters. The van der Waals surface area contributed by atoms with Crippen LogP contribution in [0.15, 0.2) is 18.2 Å². The number of hydrogen-bond donors (Lipinski definition) is 1. The molecule has 2 aliphatic heterocycles. The molecule has 0 saturated carbocycles. The number of amides is 1. The maximum atomic E-state index is 11.5. The van der Waals surface area contributed by atoms with Crippen LogP contribution < -0.4 is 5.32 Å². The largest absolute Gasteiger partial charge is 0.356 e. The zero-order chi connectivity index (χ0) is 15.4. The summed E-state index contributed by atoms with van der Waals surface area (Å²) in [5.74, 6) is 0.241. The van der Waals surface area contributed by atoms with E-state index >= 15 is 0 Å². The van der Waals surface area contributed by atoms with Crippen molar-refractivity contribution in [2.24, 2.45) is 5.41 Å². The smallest absolute Gasteiger partial charge is 0.220 e. The second kappa shape index (κ2) is 6.78. The average molecular weight is 301 g/mol. The molecule has 120 valence electrons. The first-order valence-electron chi connectivity index (χ1n) is 8.57. The van der Waals surface area contributed by atoms with E-state index in [9.17, 15) is 4.79 Å². The fourth-order valence-corrected chi connectivity index (χ4v) is 3.82. The number of likely N-dealkylation sites (tertiary alicyclic amines) is 1. The molecule has 1 aromatic heterocycles. The van der Waals surface area contributed by atoms with Crippen molar-refractivity contribution < 1.29 is 4.79 Å². The average Bonchev–Trinajstić information content (AvgIpc) is 2.70. The molecule has 1 aromatic rings. The number of nitrogens with one attached hydrogen (secondary N) is 1. The fourth-order valence-electron chi connectivity index (χ4n) is 3.82. The zero-order valence-electron chi connectivity index (χ0n) is 13.6. The second-order valence-corrected chi connectivity index (χ2v) is 6.96.